The molecular weight excluding hydrogens is 412 g/mol. The molecule has 0 bridgehead atoms. The first kappa shape index (κ1) is 20.3. The number of amides is 1. The molecule has 1 N–H and O–H groups in total. The quantitative estimate of drug-likeness (QED) is 0.503. The summed E-state index contributed by atoms with van der Waals surface area (Å²) >= 11 is 1.33. The van der Waals surface area contributed by atoms with Crippen molar-refractivity contribution >= 4 is 27.5 Å². The van der Waals surface area contributed by atoms with Crippen molar-refractivity contribution in [3.63, 3.8) is 0 Å². The van der Waals surface area contributed by atoms with Gasteiger partial charge in [0.1, 0.15) is 22.9 Å². The highest BCUT2D eigenvalue weighted by Crippen LogP contribution is 2.19. The maximum absolute atomic E-state index is 12.9. The molecule has 0 unspecified atom stereocenters. The molecule has 0 radical (unpaired) electrons. The Kier molecular flexibility index (Phi) is 5.78. The van der Waals surface area contributed by atoms with Crippen molar-refractivity contribution in [1.82, 2.24) is 14.9 Å². The summed E-state index contributed by atoms with van der Waals surface area (Å²) in [5, 5.41) is 11.0. The van der Waals surface area contributed by atoms with Gasteiger partial charge in [-0.1, -0.05) is 24.3 Å². The van der Waals surface area contributed by atoms with Gasteiger partial charge in [0.15, 0.2) is 0 Å². The molecule has 1 amide bonds. The molecule has 2 aromatic carbocycles. The van der Waals surface area contributed by atoms with Crippen LogP contribution in [0.25, 0.3) is 10.2 Å². The lowest BCUT2D eigenvalue weighted by molar-refractivity contribution is 0.0781. The summed E-state index contributed by atoms with van der Waals surface area (Å²) in [4.78, 5) is 33.7. The molecule has 8 heteroatoms. The van der Waals surface area contributed by atoms with Crippen LogP contribution in [0.15, 0.2) is 64.8 Å². The van der Waals surface area contributed by atoms with E-state index in [1.165, 1.54) is 16.2 Å². The van der Waals surface area contributed by atoms with Crippen molar-refractivity contribution in [2.24, 2.45) is 0 Å². The number of carbonyl (C=O) groups is 1. The number of aromatic nitrogens is 2. The second-order valence-electron chi connectivity index (χ2n) is 6.89. The molecule has 7 nitrogen and oxygen atoms in total. The SMILES string of the molecule is CN(Cc1nc2ccsc2c(=O)[nH]1)C(=O)c1cccc(OCc2ccccc2C#N)c1. The molecule has 0 atom stereocenters. The topological polar surface area (TPSA) is 99.1 Å². The van der Waals surface area contributed by atoms with Crippen LogP contribution >= 0.6 is 11.3 Å². The lowest BCUT2D eigenvalue weighted by Gasteiger charge is -2.17. The number of nitriles is 1. The summed E-state index contributed by atoms with van der Waals surface area (Å²) in [5.74, 6) is 0.724. The first-order valence-electron chi connectivity index (χ1n) is 9.48. The van der Waals surface area contributed by atoms with Gasteiger partial charge in [0.05, 0.1) is 23.7 Å². The Morgan fingerprint density at radius 1 is 1.23 bits per heavy atom. The van der Waals surface area contributed by atoms with Crippen LogP contribution in [0, 0.1) is 11.3 Å². The van der Waals surface area contributed by atoms with E-state index in [0.29, 0.717) is 32.9 Å². The minimum absolute atomic E-state index is 0.167. The third-order valence-electron chi connectivity index (χ3n) is 4.71. The van der Waals surface area contributed by atoms with Gasteiger partial charge in [-0.15, -0.1) is 11.3 Å². The van der Waals surface area contributed by atoms with Crippen LogP contribution in [-0.4, -0.2) is 27.8 Å². The highest BCUT2D eigenvalue weighted by molar-refractivity contribution is 7.17. The Balaban J connectivity index is 1.46. The van der Waals surface area contributed by atoms with Crippen LogP contribution in [0.5, 0.6) is 5.75 Å². The van der Waals surface area contributed by atoms with E-state index >= 15 is 0 Å². The van der Waals surface area contributed by atoms with E-state index < -0.39 is 0 Å². The molecule has 2 aromatic heterocycles. The number of hydrogen-bond acceptors (Lipinski definition) is 6. The van der Waals surface area contributed by atoms with E-state index in [0.717, 1.165) is 5.56 Å². The number of aromatic amines is 1. The molecule has 0 fully saturated rings. The first-order chi connectivity index (χ1) is 15.0. The lowest BCUT2D eigenvalue weighted by Crippen LogP contribution is -2.28. The van der Waals surface area contributed by atoms with Gasteiger partial charge in [-0.25, -0.2) is 4.98 Å². The second kappa shape index (κ2) is 8.81. The van der Waals surface area contributed by atoms with Crippen LogP contribution in [0.2, 0.25) is 0 Å². The van der Waals surface area contributed by atoms with Gasteiger partial charge in [0.2, 0.25) is 0 Å². The normalized spacial score (nSPS) is 10.6. The number of H-pyrrole nitrogens is 1. The summed E-state index contributed by atoms with van der Waals surface area (Å²) in [6, 6.07) is 18.0. The van der Waals surface area contributed by atoms with Crippen LogP contribution < -0.4 is 10.3 Å². The van der Waals surface area contributed by atoms with Crippen molar-refractivity contribution in [2.45, 2.75) is 13.2 Å². The van der Waals surface area contributed by atoms with Gasteiger partial charge in [0.25, 0.3) is 11.5 Å². The summed E-state index contributed by atoms with van der Waals surface area (Å²) in [6.45, 7) is 0.392. The minimum Gasteiger partial charge on any atom is -0.489 e. The molecule has 4 rings (SSSR count). The Bertz CT molecular complexity index is 1350. The van der Waals surface area contributed by atoms with Crippen molar-refractivity contribution in [2.75, 3.05) is 7.05 Å². The Labute approximate surface area is 182 Å². The van der Waals surface area contributed by atoms with Crippen molar-refractivity contribution < 1.29 is 9.53 Å². The number of thiophene rings is 1. The number of benzene rings is 2. The van der Waals surface area contributed by atoms with Gasteiger partial charge >= 0.3 is 0 Å². The molecule has 0 saturated carbocycles. The van der Waals surface area contributed by atoms with Crippen LogP contribution in [0.3, 0.4) is 0 Å². The highest BCUT2D eigenvalue weighted by Gasteiger charge is 2.15. The molecule has 0 saturated heterocycles. The molecule has 0 aliphatic carbocycles. The van der Waals surface area contributed by atoms with Gasteiger partial charge in [-0.3, -0.25) is 9.59 Å². The number of nitrogens with one attached hydrogen (secondary N) is 1. The van der Waals surface area contributed by atoms with Crippen LogP contribution in [0.4, 0.5) is 0 Å². The van der Waals surface area contributed by atoms with Gasteiger partial charge in [-0.05, 0) is 35.7 Å². The Morgan fingerprint density at radius 2 is 2.06 bits per heavy atom. The molecule has 0 aliphatic rings. The monoisotopic (exact) mass is 430 g/mol. The number of carbonyl (C=O) groups excluding carboxylic acids is 1. The maximum Gasteiger partial charge on any atom is 0.268 e. The summed E-state index contributed by atoms with van der Waals surface area (Å²) < 4.78 is 6.37. The van der Waals surface area contributed by atoms with Crippen LogP contribution in [-0.2, 0) is 13.2 Å². The van der Waals surface area contributed by atoms with Crippen molar-refractivity contribution in [3.8, 4) is 11.8 Å². The van der Waals surface area contributed by atoms with Crippen LogP contribution in [0.1, 0.15) is 27.3 Å². The highest BCUT2D eigenvalue weighted by atomic mass is 32.1. The smallest absolute Gasteiger partial charge is 0.268 e. The molecular formula is C23H18N4O3S. The summed E-state index contributed by atoms with van der Waals surface area (Å²) in [7, 11) is 1.65. The standard InChI is InChI=1S/C23H18N4O3S/c1-27(13-20-25-19-9-10-31-21(19)22(28)26-20)23(29)15-7-4-8-18(11-15)30-14-17-6-3-2-5-16(17)12-24/h2-11H,13-14H2,1H3,(H,25,26,28). The van der Waals surface area contributed by atoms with Gasteiger partial charge in [-0.2, -0.15) is 5.26 Å². The van der Waals surface area contributed by atoms with E-state index in [2.05, 4.69) is 16.0 Å². The van der Waals surface area contributed by atoms with E-state index in [4.69, 9.17) is 4.74 Å². The predicted octanol–water partition coefficient (Wildman–Crippen LogP) is 3.71. The summed E-state index contributed by atoms with van der Waals surface area (Å²) in [5.41, 5.74) is 2.20. The Hall–Kier alpha value is -3.96. The molecule has 4 aromatic rings. The zero-order valence-electron chi connectivity index (χ0n) is 16.7. The van der Waals surface area contributed by atoms with Gasteiger partial charge < -0.3 is 14.6 Å². The Morgan fingerprint density at radius 3 is 2.90 bits per heavy atom. The maximum atomic E-state index is 12.9. The average Bonchev–Trinajstić information content (AvgIpc) is 3.27. The predicted molar refractivity (Wildman–Crippen MR) is 118 cm³/mol. The zero-order valence-corrected chi connectivity index (χ0v) is 17.5. The van der Waals surface area contributed by atoms with E-state index in [9.17, 15) is 14.9 Å². The van der Waals surface area contributed by atoms with Crippen molar-refractivity contribution in [3.05, 3.63) is 92.8 Å². The van der Waals surface area contributed by atoms with Gasteiger partial charge in [0, 0.05) is 18.2 Å². The number of fused-ring (bicyclic) bond motifs is 1. The largest absolute Gasteiger partial charge is 0.489 e. The number of hydrogen-bond donors (Lipinski definition) is 1. The van der Waals surface area contributed by atoms with E-state index in [1.807, 2.05) is 17.5 Å². The first-order valence-corrected chi connectivity index (χ1v) is 10.4. The lowest BCUT2D eigenvalue weighted by atomic mass is 10.1. The second-order valence-corrected chi connectivity index (χ2v) is 7.81. The molecule has 31 heavy (non-hydrogen) atoms. The minimum atomic E-state index is -0.226. The fourth-order valence-corrected chi connectivity index (χ4v) is 3.87. The number of ether oxygens (including phenoxy) is 1. The fraction of sp³-hybridized carbons (Fsp3) is 0.130. The van der Waals surface area contributed by atoms with Crippen molar-refractivity contribution in [1.29, 1.82) is 5.26 Å². The molecule has 0 spiro atoms. The number of nitrogens with zero attached hydrogens (tertiary/aromatic N) is 3. The average molecular weight is 430 g/mol. The molecule has 0 aliphatic heterocycles. The van der Waals surface area contributed by atoms with E-state index in [1.54, 1.807) is 49.5 Å². The summed E-state index contributed by atoms with van der Waals surface area (Å²) in [6.07, 6.45) is 0. The molecule has 2 heterocycles. The number of rotatable bonds is 6. The van der Waals surface area contributed by atoms with E-state index in [-0.39, 0.29) is 24.6 Å². The third kappa shape index (κ3) is 4.47. The molecule has 154 valence electrons. The fourth-order valence-electron chi connectivity index (χ4n) is 3.15. The third-order valence-corrected chi connectivity index (χ3v) is 5.61. The zero-order chi connectivity index (χ0) is 21.8.